The van der Waals surface area contributed by atoms with Crippen molar-refractivity contribution in [1.82, 2.24) is 15.0 Å². The average Bonchev–Trinajstić information content (AvgIpc) is 2.93. The minimum absolute atomic E-state index is 0.108. The largest absolute Gasteiger partial charge is 0.289 e. The first kappa shape index (κ1) is 13.7. The zero-order valence-corrected chi connectivity index (χ0v) is 11.9. The van der Waals surface area contributed by atoms with Crippen LogP contribution in [0.25, 0.3) is 17.1 Å². The fourth-order valence-electron chi connectivity index (χ4n) is 2.14. The fourth-order valence-corrected chi connectivity index (χ4v) is 2.14. The van der Waals surface area contributed by atoms with Crippen molar-refractivity contribution in [3.05, 3.63) is 65.2 Å². The highest BCUT2D eigenvalue weighted by Gasteiger charge is 2.03. The first-order chi connectivity index (χ1) is 10.7. The third kappa shape index (κ3) is 2.63. The molecule has 0 N–H and O–H groups in total. The molecular weight excluding hydrogens is 276 g/mol. The van der Waals surface area contributed by atoms with Gasteiger partial charge in [-0.3, -0.25) is 4.79 Å². The lowest BCUT2D eigenvalue weighted by Gasteiger charge is -1.97. The highest BCUT2D eigenvalue weighted by Crippen LogP contribution is 2.14. The standard InChI is InChI=1S/C17H12N4O/c1-21-16-8-4-12(10-15(16)19-20-21)5-9-17(22)14-6-2-13(11-18)3-7-14/h2-10H,1H3. The summed E-state index contributed by atoms with van der Waals surface area (Å²) in [6, 6.07) is 14.3. The molecule has 0 aliphatic heterocycles. The van der Waals surface area contributed by atoms with Gasteiger partial charge in [-0.05, 0) is 48.0 Å². The first-order valence-electron chi connectivity index (χ1n) is 6.69. The normalized spacial score (nSPS) is 10.9. The molecule has 0 spiro atoms. The van der Waals surface area contributed by atoms with Crippen LogP contribution in [0, 0.1) is 11.3 Å². The van der Waals surface area contributed by atoms with E-state index in [1.807, 2.05) is 31.3 Å². The number of nitriles is 1. The zero-order valence-electron chi connectivity index (χ0n) is 11.9. The van der Waals surface area contributed by atoms with Crippen molar-refractivity contribution in [3.63, 3.8) is 0 Å². The summed E-state index contributed by atoms with van der Waals surface area (Å²) in [4.78, 5) is 12.1. The van der Waals surface area contributed by atoms with Crippen molar-refractivity contribution in [3.8, 4) is 6.07 Å². The quantitative estimate of drug-likeness (QED) is 0.549. The Morgan fingerprint density at radius 2 is 2.00 bits per heavy atom. The Morgan fingerprint density at radius 3 is 2.73 bits per heavy atom. The minimum atomic E-state index is -0.108. The van der Waals surface area contributed by atoms with Gasteiger partial charge in [-0.2, -0.15) is 5.26 Å². The van der Waals surface area contributed by atoms with Gasteiger partial charge in [0, 0.05) is 12.6 Å². The Morgan fingerprint density at radius 1 is 1.23 bits per heavy atom. The predicted octanol–water partition coefficient (Wildman–Crippen LogP) is 2.74. The van der Waals surface area contributed by atoms with Crippen LogP contribution in [0.1, 0.15) is 21.5 Å². The molecule has 0 amide bonds. The lowest BCUT2D eigenvalue weighted by molar-refractivity contribution is 0.104. The number of hydrogen-bond acceptors (Lipinski definition) is 4. The van der Waals surface area contributed by atoms with Gasteiger partial charge in [0.15, 0.2) is 5.78 Å². The highest BCUT2D eigenvalue weighted by molar-refractivity contribution is 6.07. The van der Waals surface area contributed by atoms with Crippen LogP contribution in [0.2, 0.25) is 0 Å². The van der Waals surface area contributed by atoms with Gasteiger partial charge in [-0.25, -0.2) is 4.68 Å². The van der Waals surface area contributed by atoms with Gasteiger partial charge in [0.2, 0.25) is 0 Å². The van der Waals surface area contributed by atoms with Gasteiger partial charge >= 0.3 is 0 Å². The third-order valence-corrected chi connectivity index (χ3v) is 3.36. The number of allylic oxidation sites excluding steroid dienone is 1. The molecule has 0 atom stereocenters. The number of aromatic nitrogens is 3. The molecule has 3 aromatic rings. The number of rotatable bonds is 3. The molecule has 0 fully saturated rings. The van der Waals surface area contributed by atoms with Gasteiger partial charge in [0.1, 0.15) is 5.52 Å². The topological polar surface area (TPSA) is 71.6 Å². The number of ketones is 1. The van der Waals surface area contributed by atoms with E-state index in [-0.39, 0.29) is 5.78 Å². The second kappa shape index (κ2) is 5.62. The van der Waals surface area contributed by atoms with E-state index in [9.17, 15) is 4.79 Å². The molecule has 5 nitrogen and oxygen atoms in total. The maximum atomic E-state index is 12.1. The van der Waals surface area contributed by atoms with Crippen LogP contribution >= 0.6 is 0 Å². The number of fused-ring (bicyclic) bond motifs is 1. The maximum absolute atomic E-state index is 12.1. The number of carbonyl (C=O) groups excluding carboxylic acids is 1. The maximum Gasteiger partial charge on any atom is 0.185 e. The molecule has 0 saturated carbocycles. The van der Waals surface area contributed by atoms with E-state index in [4.69, 9.17) is 5.26 Å². The molecule has 0 unspecified atom stereocenters. The number of benzene rings is 2. The van der Waals surface area contributed by atoms with Crippen LogP contribution in [-0.2, 0) is 7.05 Å². The Hall–Kier alpha value is -3.26. The van der Waals surface area contributed by atoms with Crippen molar-refractivity contribution in [2.75, 3.05) is 0 Å². The summed E-state index contributed by atoms with van der Waals surface area (Å²) in [6.45, 7) is 0. The molecule has 1 heterocycles. The second-order valence-electron chi connectivity index (χ2n) is 4.85. The molecule has 0 saturated heterocycles. The van der Waals surface area contributed by atoms with E-state index < -0.39 is 0 Å². The summed E-state index contributed by atoms with van der Waals surface area (Å²) in [6.07, 6.45) is 3.26. The van der Waals surface area contributed by atoms with Crippen molar-refractivity contribution in [2.24, 2.45) is 7.05 Å². The van der Waals surface area contributed by atoms with E-state index in [1.54, 1.807) is 35.0 Å². The molecule has 106 valence electrons. The van der Waals surface area contributed by atoms with Gasteiger partial charge in [-0.1, -0.05) is 17.4 Å². The van der Waals surface area contributed by atoms with Crippen LogP contribution < -0.4 is 0 Å². The fraction of sp³-hybridized carbons (Fsp3) is 0.0588. The molecule has 0 bridgehead atoms. The first-order valence-corrected chi connectivity index (χ1v) is 6.69. The third-order valence-electron chi connectivity index (χ3n) is 3.36. The van der Waals surface area contributed by atoms with Gasteiger partial charge < -0.3 is 0 Å². The summed E-state index contributed by atoms with van der Waals surface area (Å²) in [5.41, 5.74) is 3.70. The molecule has 0 aliphatic carbocycles. The molecule has 2 aromatic carbocycles. The molecule has 3 rings (SSSR count). The molecule has 22 heavy (non-hydrogen) atoms. The Labute approximate surface area is 127 Å². The monoisotopic (exact) mass is 288 g/mol. The van der Waals surface area contributed by atoms with Crippen molar-refractivity contribution < 1.29 is 4.79 Å². The summed E-state index contributed by atoms with van der Waals surface area (Å²) >= 11 is 0. The second-order valence-corrected chi connectivity index (χ2v) is 4.85. The van der Waals surface area contributed by atoms with E-state index in [1.165, 1.54) is 6.08 Å². The average molecular weight is 288 g/mol. The van der Waals surface area contributed by atoms with Gasteiger partial charge in [0.25, 0.3) is 0 Å². The minimum Gasteiger partial charge on any atom is -0.289 e. The Bertz CT molecular complexity index is 914. The molecular formula is C17H12N4O. The summed E-state index contributed by atoms with van der Waals surface area (Å²) in [5, 5.41) is 16.7. The van der Waals surface area contributed by atoms with E-state index in [2.05, 4.69) is 10.3 Å². The van der Waals surface area contributed by atoms with Crippen LogP contribution in [0.4, 0.5) is 0 Å². The number of nitrogens with zero attached hydrogens (tertiary/aromatic N) is 4. The lowest BCUT2D eigenvalue weighted by Crippen LogP contribution is -1.93. The molecule has 1 aromatic heterocycles. The number of carbonyl (C=O) groups is 1. The van der Waals surface area contributed by atoms with E-state index >= 15 is 0 Å². The smallest absolute Gasteiger partial charge is 0.185 e. The molecule has 0 radical (unpaired) electrons. The summed E-state index contributed by atoms with van der Waals surface area (Å²) in [7, 11) is 1.83. The summed E-state index contributed by atoms with van der Waals surface area (Å²) < 4.78 is 1.70. The zero-order chi connectivity index (χ0) is 15.5. The van der Waals surface area contributed by atoms with E-state index in [0.29, 0.717) is 11.1 Å². The number of aryl methyl sites for hydroxylation is 1. The van der Waals surface area contributed by atoms with Gasteiger partial charge in [-0.15, -0.1) is 5.10 Å². The number of hydrogen-bond donors (Lipinski definition) is 0. The van der Waals surface area contributed by atoms with Crippen LogP contribution in [-0.4, -0.2) is 20.8 Å². The molecule has 5 heteroatoms. The van der Waals surface area contributed by atoms with Crippen LogP contribution in [0.15, 0.2) is 48.5 Å². The van der Waals surface area contributed by atoms with Gasteiger partial charge in [0.05, 0.1) is 17.1 Å². The Kier molecular flexibility index (Phi) is 3.50. The SMILES string of the molecule is Cn1nnc2cc(C=CC(=O)c3ccc(C#N)cc3)ccc21. The molecule has 0 aliphatic rings. The van der Waals surface area contributed by atoms with Crippen molar-refractivity contribution in [1.29, 1.82) is 5.26 Å². The van der Waals surface area contributed by atoms with Crippen LogP contribution in [0.3, 0.4) is 0 Å². The highest BCUT2D eigenvalue weighted by atomic mass is 16.1. The van der Waals surface area contributed by atoms with Crippen molar-refractivity contribution >= 4 is 22.9 Å². The van der Waals surface area contributed by atoms with E-state index in [0.717, 1.165) is 16.6 Å². The lowest BCUT2D eigenvalue weighted by atomic mass is 10.1. The predicted molar refractivity (Wildman–Crippen MR) is 83.0 cm³/mol. The summed E-state index contributed by atoms with van der Waals surface area (Å²) in [5.74, 6) is -0.108. The Balaban J connectivity index is 1.82. The van der Waals surface area contributed by atoms with Crippen molar-refractivity contribution in [2.45, 2.75) is 0 Å². The van der Waals surface area contributed by atoms with Crippen LogP contribution in [0.5, 0.6) is 0 Å².